The van der Waals surface area contributed by atoms with Crippen molar-refractivity contribution in [3.8, 4) is 0 Å². The molecule has 0 radical (unpaired) electrons. The second-order valence-corrected chi connectivity index (χ2v) is 17.7. The molecule has 0 aromatic heterocycles. The van der Waals surface area contributed by atoms with Crippen LogP contribution in [0.2, 0.25) is 0 Å². The van der Waals surface area contributed by atoms with E-state index in [1.807, 2.05) is 44.2 Å². The van der Waals surface area contributed by atoms with Gasteiger partial charge in [0.25, 0.3) is 0 Å². The molecule has 1 heterocycles. The predicted octanol–water partition coefficient (Wildman–Crippen LogP) is 2.61. The summed E-state index contributed by atoms with van der Waals surface area (Å²) in [6, 6.07) is 10.6. The molecule has 0 aliphatic carbocycles. The SMILES string of the molecule is CC(=O)N1CCC[C@H]1C(=O)N[C@@H](CC(C)C)C(=O)NCC(=O)N[C@@H](CCc1ccccc1)C(=O)N[C@@H](CCCCN=CCN)C(=O)Nc1ccc(C[C@@H](NC(=O)OC(C)(C)C)C(=O)O)cc1. The standard InChI is InChI=1S/C47H69N9O10/c1-30(2)27-37(54-44(62)39-16-12-26-56(39)31(3)57)41(59)50-29-40(58)52-36(22-19-32-13-8-7-9-14-32)43(61)53-35(15-10-11-24-49-25-23-48)42(60)51-34-20-17-33(18-21-34)28-38(45(63)64)55-46(65)66-47(4,5)6/h7-9,13-14,17-18,20-21,25,30,35-39H,10-12,15-16,19,22-24,26-29,48H2,1-6H3,(H,50,59)(H,51,60)(H,52,58)(H,53,61)(H,54,62)(H,55,65)(H,63,64)/t35-,36-,37-,38+,39-/m0/s1. The van der Waals surface area contributed by atoms with Crippen molar-refractivity contribution in [2.75, 3.05) is 31.5 Å². The molecule has 19 heteroatoms. The minimum atomic E-state index is -1.28. The van der Waals surface area contributed by atoms with Crippen LogP contribution in [0.4, 0.5) is 10.5 Å². The van der Waals surface area contributed by atoms with Crippen molar-refractivity contribution >= 4 is 59.4 Å². The molecule has 0 unspecified atom stereocenters. The van der Waals surface area contributed by atoms with Gasteiger partial charge >= 0.3 is 12.1 Å². The number of benzene rings is 2. The first-order valence-electron chi connectivity index (χ1n) is 22.6. The number of alkyl carbamates (subject to hydrolysis) is 1. The molecule has 0 saturated carbocycles. The molecule has 362 valence electrons. The number of aliphatic carboxylic acids is 1. The highest BCUT2D eigenvalue weighted by atomic mass is 16.6. The van der Waals surface area contributed by atoms with E-state index in [0.717, 1.165) is 5.56 Å². The van der Waals surface area contributed by atoms with Crippen molar-refractivity contribution < 1.29 is 48.2 Å². The number of carboxylic acids is 1. The summed E-state index contributed by atoms with van der Waals surface area (Å²) in [5, 5.41) is 25.8. The first-order chi connectivity index (χ1) is 31.3. The Labute approximate surface area is 387 Å². The van der Waals surface area contributed by atoms with Crippen LogP contribution in [0.15, 0.2) is 59.6 Å². The normalized spacial score (nSPS) is 15.5. The lowest BCUT2D eigenvalue weighted by atomic mass is 10.0. The first kappa shape index (κ1) is 54.0. The number of hydrogen-bond donors (Lipinski definition) is 8. The smallest absolute Gasteiger partial charge is 0.408 e. The molecule has 3 rings (SSSR count). The van der Waals surface area contributed by atoms with Gasteiger partial charge in [-0.2, -0.15) is 0 Å². The highest BCUT2D eigenvalue weighted by molar-refractivity contribution is 5.99. The Hall–Kier alpha value is -6.37. The highest BCUT2D eigenvalue weighted by Crippen LogP contribution is 2.19. The van der Waals surface area contributed by atoms with Gasteiger partial charge in [0.2, 0.25) is 35.4 Å². The van der Waals surface area contributed by atoms with Gasteiger partial charge in [-0.25, -0.2) is 9.59 Å². The number of unbranched alkanes of at least 4 members (excludes halogenated alkanes) is 1. The van der Waals surface area contributed by atoms with Gasteiger partial charge in [-0.1, -0.05) is 56.3 Å². The van der Waals surface area contributed by atoms with Crippen LogP contribution in [0.3, 0.4) is 0 Å². The third-order valence-electron chi connectivity index (χ3n) is 10.5. The fraction of sp³-hybridized carbons (Fsp3) is 0.553. The van der Waals surface area contributed by atoms with Crippen LogP contribution in [0.25, 0.3) is 0 Å². The number of carboxylic acid groups (broad SMARTS) is 1. The molecule has 5 atom stereocenters. The molecule has 9 N–H and O–H groups in total. The van der Waals surface area contributed by atoms with Crippen molar-refractivity contribution in [1.29, 1.82) is 0 Å². The number of aliphatic imine (C=N–C) groups is 1. The van der Waals surface area contributed by atoms with E-state index in [1.165, 1.54) is 11.8 Å². The summed E-state index contributed by atoms with van der Waals surface area (Å²) in [7, 11) is 0. The summed E-state index contributed by atoms with van der Waals surface area (Å²) in [6.07, 6.45) is 3.92. The lowest BCUT2D eigenvalue weighted by Crippen LogP contribution is -2.56. The molecule has 7 amide bonds. The maximum absolute atomic E-state index is 14.1. The quantitative estimate of drug-likeness (QED) is 0.0530. The summed E-state index contributed by atoms with van der Waals surface area (Å²) in [4.78, 5) is 110. The number of hydrogen-bond acceptors (Lipinski definition) is 11. The summed E-state index contributed by atoms with van der Waals surface area (Å²) < 4.78 is 5.20. The van der Waals surface area contributed by atoms with Crippen molar-refractivity contribution in [3.63, 3.8) is 0 Å². The van der Waals surface area contributed by atoms with E-state index in [9.17, 15) is 43.5 Å². The zero-order valence-electron chi connectivity index (χ0n) is 39.0. The molecule has 19 nitrogen and oxygen atoms in total. The monoisotopic (exact) mass is 920 g/mol. The highest BCUT2D eigenvalue weighted by Gasteiger charge is 2.35. The number of aryl methyl sites for hydroxylation is 1. The third kappa shape index (κ3) is 19.8. The molecule has 2 aromatic carbocycles. The van der Waals surface area contributed by atoms with E-state index in [4.69, 9.17) is 10.5 Å². The zero-order valence-corrected chi connectivity index (χ0v) is 39.0. The number of nitrogens with one attached hydrogen (secondary N) is 6. The van der Waals surface area contributed by atoms with E-state index in [1.54, 1.807) is 51.3 Å². The Balaban J connectivity index is 1.75. The van der Waals surface area contributed by atoms with Crippen LogP contribution >= 0.6 is 0 Å². The summed E-state index contributed by atoms with van der Waals surface area (Å²) >= 11 is 0. The second kappa shape index (κ2) is 27.2. The number of likely N-dealkylation sites (tertiary alicyclic amines) is 1. The van der Waals surface area contributed by atoms with E-state index < -0.39 is 84.0 Å². The Morgan fingerprint density at radius 2 is 1.52 bits per heavy atom. The minimum Gasteiger partial charge on any atom is -0.480 e. The Kier molecular flexibility index (Phi) is 22.2. The summed E-state index contributed by atoms with van der Waals surface area (Å²) in [5.41, 5.74) is 6.50. The van der Waals surface area contributed by atoms with Gasteiger partial charge in [0.05, 0.1) is 6.54 Å². The number of carbonyl (C=O) groups excluding carboxylic acids is 7. The minimum absolute atomic E-state index is 0.00276. The first-order valence-corrected chi connectivity index (χ1v) is 22.6. The van der Waals surface area contributed by atoms with Crippen LogP contribution in [-0.2, 0) is 51.1 Å². The van der Waals surface area contributed by atoms with Crippen LogP contribution in [0.5, 0.6) is 0 Å². The number of rotatable bonds is 25. The maximum atomic E-state index is 14.1. The molecule has 0 bridgehead atoms. The van der Waals surface area contributed by atoms with Gasteiger partial charge in [-0.05, 0) is 101 Å². The van der Waals surface area contributed by atoms with E-state index in [2.05, 4.69) is 36.9 Å². The Morgan fingerprint density at radius 1 is 0.833 bits per heavy atom. The topological polar surface area (TPSA) is 280 Å². The van der Waals surface area contributed by atoms with Crippen LogP contribution < -0.4 is 37.6 Å². The van der Waals surface area contributed by atoms with E-state index in [0.29, 0.717) is 56.4 Å². The predicted molar refractivity (Wildman–Crippen MR) is 249 cm³/mol. The van der Waals surface area contributed by atoms with Gasteiger partial charge < -0.3 is 52.4 Å². The van der Waals surface area contributed by atoms with Gasteiger partial charge in [-0.15, -0.1) is 0 Å². The van der Waals surface area contributed by atoms with Crippen molar-refractivity contribution in [1.82, 2.24) is 31.5 Å². The molecule has 1 saturated heterocycles. The number of ether oxygens (including phenoxy) is 1. The summed E-state index contributed by atoms with van der Waals surface area (Å²) in [5.74, 6) is -4.36. The molecular weight excluding hydrogens is 851 g/mol. The molecule has 1 fully saturated rings. The van der Waals surface area contributed by atoms with Gasteiger partial charge in [0, 0.05) is 44.9 Å². The zero-order chi connectivity index (χ0) is 48.8. The van der Waals surface area contributed by atoms with E-state index >= 15 is 0 Å². The lowest BCUT2D eigenvalue weighted by Gasteiger charge is -2.26. The average molecular weight is 920 g/mol. The number of nitrogens with two attached hydrogens (primary N) is 1. The maximum Gasteiger partial charge on any atom is 0.408 e. The van der Waals surface area contributed by atoms with E-state index in [-0.39, 0.29) is 44.1 Å². The number of anilines is 1. The Bertz CT molecular complexity index is 1970. The van der Waals surface area contributed by atoms with Gasteiger partial charge in [-0.3, -0.25) is 33.8 Å². The van der Waals surface area contributed by atoms with Crippen LogP contribution in [-0.4, -0.2) is 126 Å². The largest absolute Gasteiger partial charge is 0.480 e. The lowest BCUT2D eigenvalue weighted by molar-refractivity contribution is -0.139. The third-order valence-corrected chi connectivity index (χ3v) is 10.5. The fourth-order valence-electron chi connectivity index (χ4n) is 7.25. The van der Waals surface area contributed by atoms with Crippen molar-refractivity contribution in [2.45, 2.75) is 135 Å². The second-order valence-electron chi connectivity index (χ2n) is 17.7. The molecule has 0 spiro atoms. The van der Waals surface area contributed by atoms with Crippen molar-refractivity contribution in [2.24, 2.45) is 16.6 Å². The van der Waals surface area contributed by atoms with Crippen LogP contribution in [0, 0.1) is 5.92 Å². The molecule has 66 heavy (non-hydrogen) atoms. The molecular formula is C47H69N9O10. The number of carbonyl (C=O) groups is 8. The Morgan fingerprint density at radius 3 is 2.14 bits per heavy atom. The van der Waals surface area contributed by atoms with Crippen LogP contribution in [0.1, 0.15) is 97.6 Å². The average Bonchev–Trinajstić information content (AvgIpc) is 3.76. The molecule has 1 aliphatic heterocycles. The summed E-state index contributed by atoms with van der Waals surface area (Å²) in [6.45, 7) is 10.9. The number of nitrogens with zero attached hydrogens (tertiary/aromatic N) is 2. The number of amides is 7. The van der Waals surface area contributed by atoms with Crippen molar-refractivity contribution in [3.05, 3.63) is 65.7 Å². The molecule has 2 aromatic rings. The van der Waals surface area contributed by atoms with Gasteiger partial charge in [0.1, 0.15) is 35.8 Å². The fourth-order valence-corrected chi connectivity index (χ4v) is 7.25. The van der Waals surface area contributed by atoms with Gasteiger partial charge in [0.15, 0.2) is 0 Å². The molecule has 1 aliphatic rings.